The van der Waals surface area contributed by atoms with Crippen LogP contribution in [0.4, 0.5) is 0 Å². The average Bonchev–Trinajstić information content (AvgIpc) is 2.48. The zero-order valence-corrected chi connectivity index (χ0v) is 8.68. The molecule has 78 valence electrons. The molecule has 0 spiro atoms. The maximum absolute atomic E-state index is 11.2. The third-order valence-corrected chi connectivity index (χ3v) is 4.64. The van der Waals surface area contributed by atoms with Crippen LogP contribution in [0.2, 0.25) is 0 Å². The van der Waals surface area contributed by atoms with E-state index in [-0.39, 0.29) is 17.3 Å². The van der Waals surface area contributed by atoms with Gasteiger partial charge in [-0.1, -0.05) is 0 Å². The normalized spacial score (nSPS) is 35.2. The Morgan fingerprint density at radius 3 is 2.46 bits per heavy atom. The summed E-state index contributed by atoms with van der Waals surface area (Å²) < 4.78 is 22.5. The Labute approximate surface area is 79.0 Å². The van der Waals surface area contributed by atoms with Gasteiger partial charge >= 0.3 is 0 Å². The van der Waals surface area contributed by atoms with E-state index < -0.39 is 9.84 Å². The van der Waals surface area contributed by atoms with Gasteiger partial charge < -0.3 is 10.8 Å². The van der Waals surface area contributed by atoms with Crippen molar-refractivity contribution in [1.29, 1.82) is 0 Å². The van der Waals surface area contributed by atoms with Gasteiger partial charge in [-0.05, 0) is 19.3 Å². The van der Waals surface area contributed by atoms with Crippen LogP contribution in [0, 0.1) is 5.41 Å². The quantitative estimate of drug-likeness (QED) is 0.655. The Morgan fingerprint density at radius 2 is 2.23 bits per heavy atom. The highest BCUT2D eigenvalue weighted by Crippen LogP contribution is 2.39. The molecule has 0 radical (unpaired) electrons. The summed E-state index contributed by atoms with van der Waals surface area (Å²) in [6.45, 7) is 0.366. The van der Waals surface area contributed by atoms with Gasteiger partial charge in [0.05, 0.1) is 5.25 Å². The molecule has 0 aromatic carbocycles. The minimum Gasteiger partial charge on any atom is -0.396 e. The van der Waals surface area contributed by atoms with Crippen molar-refractivity contribution in [1.82, 2.24) is 0 Å². The van der Waals surface area contributed by atoms with Crippen molar-refractivity contribution in [3.8, 4) is 0 Å². The SMILES string of the molecule is CS(=O)(=O)[C@@H]1CC[C@@](CN)(CO)C1. The van der Waals surface area contributed by atoms with Crippen molar-refractivity contribution in [2.45, 2.75) is 24.5 Å². The molecule has 5 heteroatoms. The first-order valence-electron chi connectivity index (χ1n) is 4.43. The van der Waals surface area contributed by atoms with Gasteiger partial charge in [0.1, 0.15) is 9.84 Å². The highest BCUT2D eigenvalue weighted by molar-refractivity contribution is 7.91. The molecule has 0 amide bonds. The average molecular weight is 207 g/mol. The third kappa shape index (κ3) is 2.21. The summed E-state index contributed by atoms with van der Waals surface area (Å²) in [6, 6.07) is 0. The predicted octanol–water partition coefficient (Wildman–Crippen LogP) is -0.479. The van der Waals surface area contributed by atoms with Gasteiger partial charge in [0.2, 0.25) is 0 Å². The number of hydrogen-bond acceptors (Lipinski definition) is 4. The van der Waals surface area contributed by atoms with E-state index in [1.54, 1.807) is 0 Å². The first-order chi connectivity index (χ1) is 5.93. The molecule has 4 nitrogen and oxygen atoms in total. The molecule has 1 aliphatic carbocycles. The second-order valence-corrected chi connectivity index (χ2v) is 6.38. The van der Waals surface area contributed by atoms with Gasteiger partial charge in [-0.2, -0.15) is 0 Å². The fourth-order valence-corrected chi connectivity index (χ4v) is 3.12. The molecule has 0 aromatic heterocycles. The maximum atomic E-state index is 11.2. The molecule has 13 heavy (non-hydrogen) atoms. The Bertz CT molecular complexity index is 269. The molecule has 2 atom stereocenters. The fraction of sp³-hybridized carbons (Fsp3) is 1.00. The predicted molar refractivity (Wildman–Crippen MR) is 51.1 cm³/mol. The third-order valence-electron chi connectivity index (χ3n) is 3.03. The summed E-state index contributed by atoms with van der Waals surface area (Å²) in [5.41, 5.74) is 5.19. The lowest BCUT2D eigenvalue weighted by Gasteiger charge is -2.24. The monoisotopic (exact) mass is 207 g/mol. The van der Waals surface area contributed by atoms with E-state index in [9.17, 15) is 8.42 Å². The first-order valence-corrected chi connectivity index (χ1v) is 6.39. The van der Waals surface area contributed by atoms with Gasteiger partial charge in [-0.25, -0.2) is 8.42 Å². The minimum absolute atomic E-state index is 0.00444. The van der Waals surface area contributed by atoms with Crippen molar-refractivity contribution in [3.05, 3.63) is 0 Å². The summed E-state index contributed by atoms with van der Waals surface area (Å²) in [7, 11) is -2.96. The summed E-state index contributed by atoms with van der Waals surface area (Å²) in [5.74, 6) is 0. The number of nitrogens with two attached hydrogens (primary N) is 1. The molecule has 3 N–H and O–H groups in total. The second-order valence-electron chi connectivity index (χ2n) is 4.06. The molecule has 1 fully saturated rings. The van der Waals surface area contributed by atoms with E-state index >= 15 is 0 Å². The van der Waals surface area contributed by atoms with Crippen molar-refractivity contribution in [2.75, 3.05) is 19.4 Å². The van der Waals surface area contributed by atoms with E-state index in [1.807, 2.05) is 0 Å². The lowest BCUT2D eigenvalue weighted by Crippen LogP contribution is -2.33. The Morgan fingerprint density at radius 1 is 1.62 bits per heavy atom. The summed E-state index contributed by atoms with van der Waals surface area (Å²) in [5, 5.41) is 8.82. The van der Waals surface area contributed by atoms with Crippen molar-refractivity contribution >= 4 is 9.84 Å². The zero-order chi connectivity index (χ0) is 10.1. The minimum atomic E-state index is -2.96. The van der Waals surface area contributed by atoms with E-state index in [1.165, 1.54) is 6.26 Å². The van der Waals surface area contributed by atoms with Gasteiger partial charge in [-0.3, -0.25) is 0 Å². The Hall–Kier alpha value is -0.130. The number of aliphatic hydroxyl groups excluding tert-OH is 1. The van der Waals surface area contributed by atoms with Crippen LogP contribution < -0.4 is 5.73 Å². The Kier molecular flexibility index (Phi) is 2.99. The van der Waals surface area contributed by atoms with Crippen LogP contribution in [0.1, 0.15) is 19.3 Å². The largest absolute Gasteiger partial charge is 0.396 e. The molecule has 0 saturated heterocycles. The molecular weight excluding hydrogens is 190 g/mol. The number of sulfone groups is 1. The van der Waals surface area contributed by atoms with Gasteiger partial charge in [0.15, 0.2) is 0 Å². The topological polar surface area (TPSA) is 80.4 Å². The molecule has 1 saturated carbocycles. The highest BCUT2D eigenvalue weighted by atomic mass is 32.2. The Balaban J connectivity index is 2.73. The second kappa shape index (κ2) is 3.55. The van der Waals surface area contributed by atoms with Gasteiger partial charge in [-0.15, -0.1) is 0 Å². The highest BCUT2D eigenvalue weighted by Gasteiger charge is 2.41. The first kappa shape index (κ1) is 10.9. The van der Waals surface area contributed by atoms with Crippen molar-refractivity contribution < 1.29 is 13.5 Å². The van der Waals surface area contributed by atoms with Crippen LogP contribution in [-0.2, 0) is 9.84 Å². The fourth-order valence-electron chi connectivity index (χ4n) is 1.91. The van der Waals surface area contributed by atoms with Crippen LogP contribution in [-0.4, -0.2) is 38.2 Å². The number of aliphatic hydroxyl groups is 1. The van der Waals surface area contributed by atoms with Gasteiger partial charge in [0, 0.05) is 24.8 Å². The standard InChI is InChI=1S/C8H17NO3S/c1-13(11,12)7-2-3-8(4-7,5-9)6-10/h7,10H,2-6,9H2,1H3/t7-,8-/m1/s1. The molecule has 0 aromatic rings. The molecule has 0 unspecified atom stereocenters. The summed E-state index contributed by atoms with van der Waals surface area (Å²) in [6.07, 6.45) is 3.12. The zero-order valence-electron chi connectivity index (χ0n) is 7.86. The summed E-state index contributed by atoms with van der Waals surface area (Å²) >= 11 is 0. The molecule has 0 heterocycles. The van der Waals surface area contributed by atoms with Crippen molar-refractivity contribution in [2.24, 2.45) is 11.1 Å². The number of hydrogen-bond donors (Lipinski definition) is 2. The molecule has 0 aliphatic heterocycles. The van der Waals surface area contributed by atoms with Crippen LogP contribution >= 0.6 is 0 Å². The van der Waals surface area contributed by atoms with Crippen LogP contribution in [0.25, 0.3) is 0 Å². The molecule has 0 bridgehead atoms. The lowest BCUT2D eigenvalue weighted by molar-refractivity contribution is 0.138. The van der Waals surface area contributed by atoms with Crippen LogP contribution in [0.3, 0.4) is 0 Å². The van der Waals surface area contributed by atoms with E-state index in [2.05, 4.69) is 0 Å². The van der Waals surface area contributed by atoms with E-state index in [0.29, 0.717) is 19.4 Å². The van der Waals surface area contributed by atoms with Crippen LogP contribution in [0.15, 0.2) is 0 Å². The van der Waals surface area contributed by atoms with Gasteiger partial charge in [0.25, 0.3) is 0 Å². The van der Waals surface area contributed by atoms with Crippen molar-refractivity contribution in [3.63, 3.8) is 0 Å². The lowest BCUT2D eigenvalue weighted by atomic mass is 9.88. The van der Waals surface area contributed by atoms with E-state index in [4.69, 9.17) is 10.8 Å². The van der Waals surface area contributed by atoms with Crippen LogP contribution in [0.5, 0.6) is 0 Å². The molecular formula is C8H17NO3S. The smallest absolute Gasteiger partial charge is 0.150 e. The summed E-state index contributed by atoms with van der Waals surface area (Å²) in [4.78, 5) is 0. The molecule has 1 aliphatic rings. The maximum Gasteiger partial charge on any atom is 0.150 e. The van der Waals surface area contributed by atoms with E-state index in [0.717, 1.165) is 6.42 Å². The molecule has 1 rings (SSSR count). The number of rotatable bonds is 3.